The monoisotopic (exact) mass is 247 g/mol. The van der Waals surface area contributed by atoms with Crippen LogP contribution >= 0.6 is 0 Å². The predicted octanol–water partition coefficient (Wildman–Crippen LogP) is 3.85. The second-order valence-electron chi connectivity index (χ2n) is 5.15. The zero-order chi connectivity index (χ0) is 12.8. The molecule has 2 heteroatoms. The summed E-state index contributed by atoms with van der Waals surface area (Å²) in [6, 6.07) is 7.14. The molecule has 1 N–H and O–H groups in total. The van der Waals surface area contributed by atoms with Crippen molar-refractivity contribution in [2.45, 2.75) is 51.5 Å². The molecule has 0 spiro atoms. The summed E-state index contributed by atoms with van der Waals surface area (Å²) in [4.78, 5) is 0. The fourth-order valence-corrected chi connectivity index (χ4v) is 2.72. The largest absolute Gasteiger partial charge is 0.494 e. The summed E-state index contributed by atoms with van der Waals surface area (Å²) >= 11 is 0. The molecule has 2 rings (SSSR count). The summed E-state index contributed by atoms with van der Waals surface area (Å²) in [6.07, 6.45) is 7.38. The third-order valence-electron chi connectivity index (χ3n) is 3.79. The number of hydrogen-bond donors (Lipinski definition) is 1. The van der Waals surface area contributed by atoms with E-state index < -0.39 is 0 Å². The summed E-state index contributed by atoms with van der Waals surface area (Å²) in [7, 11) is 2.05. The first-order valence-corrected chi connectivity index (χ1v) is 7.28. The Labute approximate surface area is 111 Å². The molecule has 0 aliphatic heterocycles. The van der Waals surface area contributed by atoms with Gasteiger partial charge >= 0.3 is 0 Å². The summed E-state index contributed by atoms with van der Waals surface area (Å²) in [5, 5.41) is 3.40. The molecule has 0 aromatic heterocycles. The van der Waals surface area contributed by atoms with E-state index in [-0.39, 0.29) is 0 Å². The fourth-order valence-electron chi connectivity index (χ4n) is 2.72. The van der Waals surface area contributed by atoms with Gasteiger partial charge in [0.1, 0.15) is 5.75 Å². The van der Waals surface area contributed by atoms with Crippen LogP contribution in [0.2, 0.25) is 0 Å². The van der Waals surface area contributed by atoms with Crippen LogP contribution in [0.5, 0.6) is 5.75 Å². The number of aryl methyl sites for hydroxylation is 1. The molecule has 0 radical (unpaired) electrons. The van der Waals surface area contributed by atoms with Crippen molar-refractivity contribution in [2.75, 3.05) is 13.7 Å². The summed E-state index contributed by atoms with van der Waals surface area (Å²) in [5.74, 6) is 1.04. The van der Waals surface area contributed by atoms with Crippen LogP contribution in [-0.2, 0) is 6.42 Å². The van der Waals surface area contributed by atoms with Crippen LogP contribution < -0.4 is 10.1 Å². The first kappa shape index (κ1) is 13.4. The average molecular weight is 247 g/mol. The zero-order valence-electron chi connectivity index (χ0n) is 11.7. The van der Waals surface area contributed by atoms with Crippen LogP contribution in [0, 0.1) is 0 Å². The maximum Gasteiger partial charge on any atom is 0.119 e. The molecule has 0 saturated heterocycles. The van der Waals surface area contributed by atoms with Crippen molar-refractivity contribution >= 4 is 0 Å². The highest BCUT2D eigenvalue weighted by Gasteiger charge is 2.18. The van der Waals surface area contributed by atoms with Gasteiger partial charge < -0.3 is 10.1 Å². The number of ether oxygens (including phenoxy) is 1. The molecule has 0 heterocycles. The van der Waals surface area contributed by atoms with Gasteiger partial charge in [-0.05, 0) is 56.0 Å². The smallest absolute Gasteiger partial charge is 0.119 e. The molecular formula is C16H25NO. The summed E-state index contributed by atoms with van der Waals surface area (Å²) < 4.78 is 5.82. The Bertz CT molecular complexity index is 375. The standard InChI is InChI=1S/C16H25NO/c1-3-4-5-11-18-14-9-10-15-13(12-14)7-6-8-16(15)17-2/h9-10,12,16-17H,3-8,11H2,1-2H3. The Balaban J connectivity index is 1.98. The van der Waals surface area contributed by atoms with Gasteiger partial charge in [-0.1, -0.05) is 25.8 Å². The highest BCUT2D eigenvalue weighted by atomic mass is 16.5. The maximum atomic E-state index is 5.82. The lowest BCUT2D eigenvalue weighted by molar-refractivity contribution is 0.305. The van der Waals surface area contributed by atoms with E-state index in [2.05, 4.69) is 37.5 Å². The van der Waals surface area contributed by atoms with E-state index in [1.54, 1.807) is 0 Å². The minimum Gasteiger partial charge on any atom is -0.494 e. The minimum absolute atomic E-state index is 0.530. The van der Waals surface area contributed by atoms with Gasteiger partial charge in [0.2, 0.25) is 0 Å². The van der Waals surface area contributed by atoms with Gasteiger partial charge in [-0.3, -0.25) is 0 Å². The average Bonchev–Trinajstić information content (AvgIpc) is 2.42. The molecule has 0 fully saturated rings. The van der Waals surface area contributed by atoms with Crippen molar-refractivity contribution in [1.82, 2.24) is 5.32 Å². The second-order valence-corrected chi connectivity index (χ2v) is 5.15. The van der Waals surface area contributed by atoms with E-state index in [1.807, 2.05) is 0 Å². The van der Waals surface area contributed by atoms with E-state index in [0.717, 1.165) is 18.8 Å². The van der Waals surface area contributed by atoms with Crippen LogP contribution in [0.1, 0.15) is 56.2 Å². The van der Waals surface area contributed by atoms with Crippen molar-refractivity contribution < 1.29 is 4.74 Å². The summed E-state index contributed by atoms with van der Waals surface area (Å²) in [6.45, 7) is 3.07. The van der Waals surface area contributed by atoms with Crippen LogP contribution in [-0.4, -0.2) is 13.7 Å². The van der Waals surface area contributed by atoms with Gasteiger partial charge in [-0.25, -0.2) is 0 Å². The Kier molecular flexibility index (Phi) is 5.06. The molecule has 1 aromatic rings. The van der Waals surface area contributed by atoms with E-state index in [4.69, 9.17) is 4.74 Å². The molecule has 0 bridgehead atoms. The van der Waals surface area contributed by atoms with Gasteiger partial charge in [0.05, 0.1) is 6.61 Å². The minimum atomic E-state index is 0.530. The normalized spacial score (nSPS) is 18.4. The molecule has 0 saturated carbocycles. The van der Waals surface area contributed by atoms with Gasteiger partial charge in [0.15, 0.2) is 0 Å². The lowest BCUT2D eigenvalue weighted by Gasteiger charge is -2.25. The molecule has 0 amide bonds. The highest BCUT2D eigenvalue weighted by molar-refractivity contribution is 5.39. The number of hydrogen-bond acceptors (Lipinski definition) is 2. The van der Waals surface area contributed by atoms with E-state index in [1.165, 1.54) is 43.2 Å². The Morgan fingerprint density at radius 3 is 3.00 bits per heavy atom. The topological polar surface area (TPSA) is 21.3 Å². The SMILES string of the molecule is CCCCCOc1ccc2c(c1)CCCC2NC. The van der Waals surface area contributed by atoms with Gasteiger partial charge in [0, 0.05) is 6.04 Å². The number of nitrogens with one attached hydrogen (secondary N) is 1. The molecule has 18 heavy (non-hydrogen) atoms. The van der Waals surface area contributed by atoms with Crippen LogP contribution in [0.25, 0.3) is 0 Å². The highest BCUT2D eigenvalue weighted by Crippen LogP contribution is 2.31. The molecule has 1 unspecified atom stereocenters. The third kappa shape index (κ3) is 3.26. The van der Waals surface area contributed by atoms with Crippen molar-refractivity contribution in [1.29, 1.82) is 0 Å². The quantitative estimate of drug-likeness (QED) is 0.771. The second kappa shape index (κ2) is 6.79. The van der Waals surface area contributed by atoms with Crippen LogP contribution in [0.3, 0.4) is 0 Å². The van der Waals surface area contributed by atoms with Gasteiger partial charge in [-0.15, -0.1) is 0 Å². The maximum absolute atomic E-state index is 5.82. The number of benzene rings is 1. The fraction of sp³-hybridized carbons (Fsp3) is 0.625. The Morgan fingerprint density at radius 2 is 2.22 bits per heavy atom. The van der Waals surface area contributed by atoms with Crippen LogP contribution in [0.4, 0.5) is 0 Å². The molecule has 100 valence electrons. The summed E-state index contributed by atoms with van der Waals surface area (Å²) in [5.41, 5.74) is 2.93. The van der Waals surface area contributed by atoms with Gasteiger partial charge in [-0.2, -0.15) is 0 Å². The van der Waals surface area contributed by atoms with Crippen molar-refractivity contribution in [3.63, 3.8) is 0 Å². The molecule has 1 aromatic carbocycles. The molecular weight excluding hydrogens is 222 g/mol. The van der Waals surface area contributed by atoms with E-state index >= 15 is 0 Å². The predicted molar refractivity (Wildman–Crippen MR) is 76.2 cm³/mol. The number of fused-ring (bicyclic) bond motifs is 1. The van der Waals surface area contributed by atoms with Crippen molar-refractivity contribution in [3.8, 4) is 5.75 Å². The molecule has 1 aliphatic carbocycles. The van der Waals surface area contributed by atoms with E-state index in [0.29, 0.717) is 6.04 Å². The molecule has 1 aliphatic rings. The first-order chi connectivity index (χ1) is 8.85. The lowest BCUT2D eigenvalue weighted by Crippen LogP contribution is -2.21. The molecule has 2 nitrogen and oxygen atoms in total. The first-order valence-electron chi connectivity index (χ1n) is 7.28. The lowest BCUT2D eigenvalue weighted by atomic mass is 9.87. The van der Waals surface area contributed by atoms with Crippen molar-refractivity contribution in [3.05, 3.63) is 29.3 Å². The molecule has 1 atom stereocenters. The number of rotatable bonds is 6. The van der Waals surface area contributed by atoms with E-state index in [9.17, 15) is 0 Å². The Hall–Kier alpha value is -1.02. The van der Waals surface area contributed by atoms with Gasteiger partial charge in [0.25, 0.3) is 0 Å². The third-order valence-corrected chi connectivity index (χ3v) is 3.79. The van der Waals surface area contributed by atoms with Crippen molar-refractivity contribution in [2.24, 2.45) is 0 Å². The Morgan fingerprint density at radius 1 is 1.33 bits per heavy atom. The van der Waals surface area contributed by atoms with Crippen LogP contribution in [0.15, 0.2) is 18.2 Å². The number of unbranched alkanes of at least 4 members (excludes halogenated alkanes) is 2. The zero-order valence-corrected chi connectivity index (χ0v) is 11.7.